The number of benzene rings is 4. The number of aromatic amines is 4. The first-order valence-corrected chi connectivity index (χ1v) is 20.3. The first kappa shape index (κ1) is 39.0. The van der Waals surface area contributed by atoms with Gasteiger partial charge in [-0.05, 0) is 109 Å². The number of imidazole rings is 2. The van der Waals surface area contributed by atoms with E-state index in [-0.39, 0.29) is 11.1 Å². The van der Waals surface area contributed by atoms with Crippen molar-refractivity contribution >= 4 is 102 Å². The molecule has 0 aliphatic carbocycles. The van der Waals surface area contributed by atoms with Crippen molar-refractivity contribution in [3.8, 4) is 21.7 Å². The van der Waals surface area contributed by atoms with Crippen LogP contribution < -0.4 is 11.1 Å². The number of nitrogens with zero attached hydrogens (tertiary/aromatic N) is 3. The summed E-state index contributed by atoms with van der Waals surface area (Å²) in [7, 11) is 0. The molecule has 6 heterocycles. The van der Waals surface area contributed by atoms with E-state index in [2.05, 4.69) is 34.9 Å². The van der Waals surface area contributed by atoms with Crippen LogP contribution in [-0.4, -0.2) is 46.5 Å². The van der Waals surface area contributed by atoms with Crippen LogP contribution in [0.25, 0.3) is 77.7 Å². The molecule has 0 fully saturated rings. The SMILES string of the molecule is O=C(/C=C/c1nc2ccccc2[nH]1)c1c(-c2ccccn2)c2cc(Cl)ccc2[nH]c1=O.O=C(/C=C/c1nc2ccccc2[nH]1)c1c(-c2cccs2)c2cc(Cl)ccc2[nH]c1=O. The van der Waals surface area contributed by atoms with Crippen LogP contribution in [0.2, 0.25) is 10.0 Å². The van der Waals surface area contributed by atoms with Crippen LogP contribution in [-0.2, 0) is 0 Å². The van der Waals surface area contributed by atoms with Gasteiger partial charge in [0.15, 0.2) is 11.6 Å². The second-order valence-corrected chi connectivity index (χ2v) is 15.5. The monoisotopic (exact) mass is 857 g/mol. The Labute approximate surface area is 359 Å². The smallest absolute Gasteiger partial charge is 0.260 e. The van der Waals surface area contributed by atoms with Crippen molar-refractivity contribution in [1.29, 1.82) is 0 Å². The minimum absolute atomic E-state index is 0.000766. The first-order valence-electron chi connectivity index (χ1n) is 18.7. The number of rotatable bonds is 8. The topological polar surface area (TPSA) is 170 Å². The Morgan fingerprint density at radius 3 is 1.59 bits per heavy atom. The number of halogens is 2. The number of para-hydroxylation sites is 4. The van der Waals surface area contributed by atoms with Crippen molar-refractivity contribution in [3.63, 3.8) is 0 Å². The zero-order valence-corrected chi connectivity index (χ0v) is 33.9. The number of H-pyrrole nitrogens is 4. The number of hydrogen-bond donors (Lipinski definition) is 4. The van der Waals surface area contributed by atoms with Gasteiger partial charge >= 0.3 is 0 Å². The van der Waals surface area contributed by atoms with E-state index < -0.39 is 22.7 Å². The lowest BCUT2D eigenvalue weighted by molar-refractivity contribution is 0.103. The minimum atomic E-state index is -0.491. The van der Waals surface area contributed by atoms with Gasteiger partial charge in [-0.25, -0.2) is 9.97 Å². The van der Waals surface area contributed by atoms with Crippen LogP contribution >= 0.6 is 34.5 Å². The van der Waals surface area contributed by atoms with Crippen LogP contribution in [0.3, 0.4) is 0 Å². The van der Waals surface area contributed by atoms with Crippen LogP contribution in [0.5, 0.6) is 0 Å². The number of aromatic nitrogens is 7. The molecule has 0 unspecified atom stereocenters. The van der Waals surface area contributed by atoms with Gasteiger partial charge in [-0.15, -0.1) is 11.3 Å². The summed E-state index contributed by atoms with van der Waals surface area (Å²) in [5.74, 6) is 0.211. The van der Waals surface area contributed by atoms with E-state index in [1.54, 1.807) is 72.9 Å². The standard InChI is InChI=1S/C24H15ClN4O2.C23H14ClN3O2S/c25-14-8-9-16-15(13-14)22(19-7-3-4-12-26-19)23(24(31)29-16)20(30)10-11-21-27-17-5-1-2-6-18(17)28-21;24-13-7-8-15-14(12-13)21(19-6-3-11-30-19)22(23(29)27-15)18(28)9-10-20-25-16-4-1-2-5-17(16)26-20/h1-13H,(H,27,28)(H,29,31);1-12H,(H,25,26)(H,27,29)/b11-10+;10-9+. The summed E-state index contributed by atoms with van der Waals surface area (Å²) in [6, 6.07) is 34.6. The van der Waals surface area contributed by atoms with Crippen LogP contribution in [0.15, 0.2) is 149 Å². The highest BCUT2D eigenvalue weighted by Gasteiger charge is 2.22. The summed E-state index contributed by atoms with van der Waals surface area (Å²) in [5, 5.41) is 4.30. The third-order valence-electron chi connectivity index (χ3n) is 9.73. The van der Waals surface area contributed by atoms with Gasteiger partial charge in [0.05, 0.1) is 38.9 Å². The number of carbonyl (C=O) groups is 2. The maximum Gasteiger partial charge on any atom is 0.260 e. The zero-order valence-electron chi connectivity index (χ0n) is 31.6. The van der Waals surface area contributed by atoms with E-state index in [1.165, 1.54) is 23.5 Å². The van der Waals surface area contributed by atoms with Crippen molar-refractivity contribution in [2.45, 2.75) is 0 Å². The Hall–Kier alpha value is -7.51. The lowest BCUT2D eigenvalue weighted by atomic mass is 9.97. The van der Waals surface area contributed by atoms with Crippen molar-refractivity contribution in [2.75, 3.05) is 0 Å². The Morgan fingerprint density at radius 1 is 0.557 bits per heavy atom. The largest absolute Gasteiger partial charge is 0.338 e. The second kappa shape index (κ2) is 16.6. The molecule has 61 heavy (non-hydrogen) atoms. The fraction of sp³-hybridized carbons (Fsp3) is 0. The normalized spacial score (nSPS) is 11.6. The van der Waals surface area contributed by atoms with Crippen LogP contribution in [0.4, 0.5) is 0 Å². The number of nitrogens with one attached hydrogen (secondary N) is 4. The van der Waals surface area contributed by atoms with E-state index in [1.807, 2.05) is 66.0 Å². The third-order valence-corrected chi connectivity index (χ3v) is 11.1. The van der Waals surface area contributed by atoms with Gasteiger partial charge < -0.3 is 19.9 Å². The highest BCUT2D eigenvalue weighted by molar-refractivity contribution is 7.13. The number of pyridine rings is 3. The molecule has 11 nitrogen and oxygen atoms in total. The molecule has 296 valence electrons. The molecule has 0 amide bonds. The Bertz CT molecular complexity index is 3430. The van der Waals surface area contributed by atoms with E-state index in [4.69, 9.17) is 23.2 Å². The summed E-state index contributed by atoms with van der Waals surface area (Å²) in [4.78, 5) is 78.0. The average molecular weight is 859 g/mol. The summed E-state index contributed by atoms with van der Waals surface area (Å²) in [6.07, 6.45) is 7.47. The van der Waals surface area contributed by atoms with E-state index in [9.17, 15) is 19.2 Å². The molecule has 0 bridgehead atoms. The molecule has 0 saturated carbocycles. The molecule has 0 spiro atoms. The molecule has 0 atom stereocenters. The highest BCUT2D eigenvalue weighted by Crippen LogP contribution is 2.35. The summed E-state index contributed by atoms with van der Waals surface area (Å²) >= 11 is 13.9. The molecule has 0 radical (unpaired) electrons. The van der Waals surface area contributed by atoms with Crippen LogP contribution in [0, 0.1) is 0 Å². The fourth-order valence-corrected chi connectivity index (χ4v) is 8.17. The molecule has 0 aliphatic rings. The molecular formula is C47H29Cl2N7O4S. The number of hydrogen-bond acceptors (Lipinski definition) is 8. The molecule has 6 aromatic heterocycles. The fourth-order valence-electron chi connectivity index (χ4n) is 7.03. The quantitative estimate of drug-likeness (QED) is 0.0870. The Kier molecular flexibility index (Phi) is 10.6. The second-order valence-electron chi connectivity index (χ2n) is 13.7. The third kappa shape index (κ3) is 7.98. The van der Waals surface area contributed by atoms with Gasteiger partial charge in [-0.2, -0.15) is 0 Å². The number of allylic oxidation sites excluding steroid dienone is 2. The molecule has 0 aliphatic heterocycles. The predicted octanol–water partition coefficient (Wildman–Crippen LogP) is 10.7. The highest BCUT2D eigenvalue weighted by atomic mass is 35.5. The summed E-state index contributed by atoms with van der Waals surface area (Å²) < 4.78 is 0. The van der Waals surface area contributed by atoms with Crippen molar-refractivity contribution in [2.24, 2.45) is 0 Å². The van der Waals surface area contributed by atoms with Gasteiger partial charge in [0.2, 0.25) is 0 Å². The number of fused-ring (bicyclic) bond motifs is 4. The molecule has 10 aromatic rings. The molecular weight excluding hydrogens is 830 g/mol. The molecule has 0 saturated heterocycles. The number of carbonyl (C=O) groups excluding carboxylic acids is 2. The Morgan fingerprint density at radius 2 is 1.08 bits per heavy atom. The average Bonchev–Trinajstić information content (AvgIpc) is 4.05. The van der Waals surface area contributed by atoms with E-state index >= 15 is 0 Å². The van der Waals surface area contributed by atoms with Gasteiger partial charge in [0, 0.05) is 54.1 Å². The minimum Gasteiger partial charge on any atom is -0.338 e. The molecule has 14 heteroatoms. The van der Waals surface area contributed by atoms with Crippen LogP contribution in [0.1, 0.15) is 32.4 Å². The van der Waals surface area contributed by atoms with Crippen molar-refractivity contribution < 1.29 is 9.59 Å². The maximum absolute atomic E-state index is 13.2. The molecule has 10 rings (SSSR count). The number of thiophene rings is 1. The van der Waals surface area contributed by atoms with Gasteiger partial charge in [-0.1, -0.05) is 59.6 Å². The summed E-state index contributed by atoms with van der Waals surface area (Å²) in [5.41, 5.74) is 5.25. The van der Waals surface area contributed by atoms with Crippen molar-refractivity contribution in [1.82, 2.24) is 34.9 Å². The lowest BCUT2D eigenvalue weighted by Gasteiger charge is -2.11. The van der Waals surface area contributed by atoms with Gasteiger partial charge in [0.1, 0.15) is 11.6 Å². The van der Waals surface area contributed by atoms with E-state index in [0.717, 1.165) is 32.3 Å². The maximum atomic E-state index is 13.2. The molecule has 4 N–H and O–H groups in total. The lowest BCUT2D eigenvalue weighted by Crippen LogP contribution is -2.19. The Balaban J connectivity index is 0.000000156. The zero-order chi connectivity index (χ0) is 42.0. The molecule has 4 aromatic carbocycles. The van der Waals surface area contributed by atoms with Crippen molar-refractivity contribution in [3.05, 3.63) is 193 Å². The number of ketones is 2. The predicted molar refractivity (Wildman–Crippen MR) is 245 cm³/mol. The summed E-state index contributed by atoms with van der Waals surface area (Å²) in [6.45, 7) is 0. The van der Waals surface area contributed by atoms with Gasteiger partial charge in [-0.3, -0.25) is 24.2 Å². The first-order chi connectivity index (χ1) is 29.7. The van der Waals surface area contributed by atoms with Gasteiger partial charge in [0.25, 0.3) is 11.1 Å². The van der Waals surface area contributed by atoms with E-state index in [0.29, 0.717) is 54.9 Å².